The number of carbonyl (C=O) groups is 2. The predicted molar refractivity (Wildman–Crippen MR) is 101 cm³/mol. The maximum atomic E-state index is 13.1. The van der Waals surface area contributed by atoms with Crippen LogP contribution in [0.5, 0.6) is 0 Å². The van der Waals surface area contributed by atoms with Crippen molar-refractivity contribution in [3.63, 3.8) is 0 Å². The smallest absolute Gasteiger partial charge is 0.252 e. The zero-order valence-electron chi connectivity index (χ0n) is 14.1. The SMILES string of the molecule is Cc1nn(-c2ncccn2)c2c1C(C(=O)c1ccc(Cl)c(Cl)c1)CC(=O)N2. The molecule has 27 heavy (non-hydrogen) atoms. The molecular formula is C18H13Cl2N5O2. The molecule has 3 heterocycles. The highest BCUT2D eigenvalue weighted by Gasteiger charge is 2.36. The third-order valence-corrected chi connectivity index (χ3v) is 5.10. The minimum atomic E-state index is -0.677. The Balaban J connectivity index is 1.82. The molecule has 1 aromatic carbocycles. The summed E-state index contributed by atoms with van der Waals surface area (Å²) in [5, 5.41) is 7.87. The number of halogens is 2. The van der Waals surface area contributed by atoms with Crippen LogP contribution >= 0.6 is 23.2 Å². The summed E-state index contributed by atoms with van der Waals surface area (Å²) in [5.74, 6) is -0.458. The third kappa shape index (κ3) is 3.09. The first-order chi connectivity index (χ1) is 13.0. The first-order valence-electron chi connectivity index (χ1n) is 8.11. The van der Waals surface area contributed by atoms with Gasteiger partial charge in [-0.05, 0) is 31.2 Å². The van der Waals surface area contributed by atoms with Gasteiger partial charge in [0.25, 0.3) is 5.95 Å². The fourth-order valence-corrected chi connectivity index (χ4v) is 3.47. The normalized spacial score (nSPS) is 16.0. The lowest BCUT2D eigenvalue weighted by Gasteiger charge is -2.23. The molecule has 1 amide bonds. The lowest BCUT2D eigenvalue weighted by Crippen LogP contribution is -2.28. The van der Waals surface area contributed by atoms with Crippen molar-refractivity contribution in [3.8, 4) is 5.95 Å². The zero-order valence-corrected chi connectivity index (χ0v) is 15.6. The molecule has 0 fully saturated rings. The number of hydrogen-bond acceptors (Lipinski definition) is 5. The summed E-state index contributed by atoms with van der Waals surface area (Å²) in [7, 11) is 0. The molecule has 0 aliphatic carbocycles. The minimum Gasteiger partial charge on any atom is -0.310 e. The molecule has 0 saturated carbocycles. The highest BCUT2D eigenvalue weighted by atomic mass is 35.5. The van der Waals surface area contributed by atoms with E-state index in [2.05, 4.69) is 20.4 Å². The number of carbonyl (C=O) groups excluding carboxylic acids is 2. The van der Waals surface area contributed by atoms with E-state index >= 15 is 0 Å². The number of nitrogens with zero attached hydrogens (tertiary/aromatic N) is 4. The van der Waals surface area contributed by atoms with Crippen molar-refractivity contribution in [2.45, 2.75) is 19.3 Å². The third-order valence-electron chi connectivity index (χ3n) is 4.36. The van der Waals surface area contributed by atoms with Crippen molar-refractivity contribution >= 4 is 40.7 Å². The lowest BCUT2D eigenvalue weighted by atomic mass is 9.85. The molecule has 1 aliphatic rings. The number of amides is 1. The highest BCUT2D eigenvalue weighted by Crippen LogP contribution is 2.38. The second-order valence-corrected chi connectivity index (χ2v) is 6.92. The van der Waals surface area contributed by atoms with E-state index in [-0.39, 0.29) is 23.1 Å². The van der Waals surface area contributed by atoms with Crippen LogP contribution in [0.4, 0.5) is 5.82 Å². The molecule has 3 aromatic rings. The Kier molecular flexibility index (Phi) is 4.41. The monoisotopic (exact) mass is 401 g/mol. The summed E-state index contributed by atoms with van der Waals surface area (Å²) >= 11 is 12.0. The van der Waals surface area contributed by atoms with Gasteiger partial charge in [-0.25, -0.2) is 9.97 Å². The number of aryl methyl sites for hydroxylation is 1. The molecule has 2 aromatic heterocycles. The number of nitrogens with one attached hydrogen (secondary N) is 1. The van der Waals surface area contributed by atoms with Crippen LogP contribution in [0.15, 0.2) is 36.7 Å². The average Bonchev–Trinajstić information content (AvgIpc) is 3.00. The summed E-state index contributed by atoms with van der Waals surface area (Å²) < 4.78 is 1.44. The van der Waals surface area contributed by atoms with Crippen LogP contribution in [0.3, 0.4) is 0 Å². The van der Waals surface area contributed by atoms with Crippen LogP contribution in [-0.2, 0) is 4.79 Å². The fourth-order valence-electron chi connectivity index (χ4n) is 3.17. The minimum absolute atomic E-state index is 0.0221. The Bertz CT molecular complexity index is 1070. The van der Waals surface area contributed by atoms with Crippen LogP contribution in [0.1, 0.15) is 34.0 Å². The quantitative estimate of drug-likeness (QED) is 0.677. The van der Waals surface area contributed by atoms with Crippen LogP contribution in [0, 0.1) is 6.92 Å². The van der Waals surface area contributed by atoms with Gasteiger partial charge < -0.3 is 5.32 Å². The molecule has 9 heteroatoms. The van der Waals surface area contributed by atoms with Gasteiger partial charge in [0.05, 0.1) is 21.7 Å². The summed E-state index contributed by atoms with van der Waals surface area (Å²) in [6, 6.07) is 6.36. The van der Waals surface area contributed by atoms with Gasteiger partial charge in [-0.15, -0.1) is 0 Å². The predicted octanol–water partition coefficient (Wildman–Crippen LogP) is 3.59. The molecule has 1 unspecified atom stereocenters. The van der Waals surface area contributed by atoms with Gasteiger partial charge in [-0.3, -0.25) is 9.59 Å². The van der Waals surface area contributed by atoms with E-state index in [1.807, 2.05) is 0 Å². The van der Waals surface area contributed by atoms with Crippen LogP contribution in [-0.4, -0.2) is 31.4 Å². The Labute approximate surface area is 164 Å². The van der Waals surface area contributed by atoms with Gasteiger partial charge in [0.15, 0.2) is 5.78 Å². The first kappa shape index (κ1) is 17.6. The number of fused-ring (bicyclic) bond motifs is 1. The lowest BCUT2D eigenvalue weighted by molar-refractivity contribution is -0.116. The van der Waals surface area contributed by atoms with Crippen LogP contribution < -0.4 is 5.32 Å². The Morgan fingerprint density at radius 3 is 2.67 bits per heavy atom. The Morgan fingerprint density at radius 1 is 1.22 bits per heavy atom. The number of Topliss-reactive ketones (excluding diaryl/α,β-unsaturated/α-hetero) is 1. The van der Waals surface area contributed by atoms with E-state index < -0.39 is 5.92 Å². The molecule has 7 nitrogen and oxygen atoms in total. The Hall–Kier alpha value is -2.77. The summed E-state index contributed by atoms with van der Waals surface area (Å²) in [6.07, 6.45) is 3.18. The van der Waals surface area contributed by atoms with Crippen LogP contribution in [0.25, 0.3) is 5.95 Å². The van der Waals surface area contributed by atoms with Gasteiger partial charge in [0, 0.05) is 29.9 Å². The molecular weight excluding hydrogens is 389 g/mol. The average molecular weight is 402 g/mol. The summed E-state index contributed by atoms with van der Waals surface area (Å²) in [4.78, 5) is 33.7. The number of ketones is 1. The second kappa shape index (κ2) is 6.75. The number of benzene rings is 1. The van der Waals surface area contributed by atoms with E-state index in [1.165, 1.54) is 10.7 Å². The molecule has 1 atom stereocenters. The molecule has 4 rings (SSSR count). The van der Waals surface area contributed by atoms with Gasteiger partial charge in [-0.1, -0.05) is 23.2 Å². The number of aromatic nitrogens is 4. The molecule has 0 bridgehead atoms. The number of anilines is 1. The number of hydrogen-bond donors (Lipinski definition) is 1. The van der Waals surface area contributed by atoms with Gasteiger partial charge in [-0.2, -0.15) is 9.78 Å². The largest absolute Gasteiger partial charge is 0.310 e. The van der Waals surface area contributed by atoms with E-state index in [4.69, 9.17) is 23.2 Å². The van der Waals surface area contributed by atoms with Crippen molar-refractivity contribution in [2.24, 2.45) is 0 Å². The van der Waals surface area contributed by atoms with Crippen molar-refractivity contribution < 1.29 is 9.59 Å². The molecule has 136 valence electrons. The molecule has 0 spiro atoms. The van der Waals surface area contributed by atoms with E-state index in [0.29, 0.717) is 33.6 Å². The maximum Gasteiger partial charge on any atom is 0.252 e. The van der Waals surface area contributed by atoms with Gasteiger partial charge in [0.2, 0.25) is 5.91 Å². The first-order valence-corrected chi connectivity index (χ1v) is 8.87. The van der Waals surface area contributed by atoms with Crippen molar-refractivity contribution in [2.75, 3.05) is 5.32 Å². The maximum absolute atomic E-state index is 13.1. The van der Waals surface area contributed by atoms with E-state index in [9.17, 15) is 9.59 Å². The fraction of sp³-hybridized carbons (Fsp3) is 0.167. The van der Waals surface area contributed by atoms with Gasteiger partial charge >= 0.3 is 0 Å². The second-order valence-electron chi connectivity index (χ2n) is 6.11. The zero-order chi connectivity index (χ0) is 19.1. The van der Waals surface area contributed by atoms with Crippen molar-refractivity contribution in [1.29, 1.82) is 0 Å². The molecule has 0 radical (unpaired) electrons. The topological polar surface area (TPSA) is 89.8 Å². The van der Waals surface area contributed by atoms with Crippen molar-refractivity contribution in [1.82, 2.24) is 19.7 Å². The van der Waals surface area contributed by atoms with Crippen LogP contribution in [0.2, 0.25) is 10.0 Å². The summed E-state index contributed by atoms with van der Waals surface area (Å²) in [5.41, 5.74) is 1.66. The Morgan fingerprint density at radius 2 is 1.96 bits per heavy atom. The standard InChI is InChI=1S/C18H13Cl2N5O2/c1-9-15-11(16(27)10-3-4-12(19)13(20)7-10)8-14(26)23-17(15)25(24-9)18-21-5-2-6-22-18/h2-7,11H,8H2,1H3,(H,23,26). The van der Waals surface area contributed by atoms with Gasteiger partial charge in [0.1, 0.15) is 5.82 Å². The molecule has 0 saturated heterocycles. The van der Waals surface area contributed by atoms with E-state index in [1.54, 1.807) is 37.5 Å². The summed E-state index contributed by atoms with van der Waals surface area (Å²) in [6.45, 7) is 1.78. The highest BCUT2D eigenvalue weighted by molar-refractivity contribution is 6.42. The van der Waals surface area contributed by atoms with E-state index in [0.717, 1.165) is 0 Å². The number of rotatable bonds is 3. The molecule has 1 N–H and O–H groups in total. The van der Waals surface area contributed by atoms with Crippen molar-refractivity contribution in [3.05, 3.63) is 63.5 Å². The molecule has 1 aliphatic heterocycles.